The Morgan fingerprint density at radius 3 is 2.48 bits per heavy atom. The molecule has 1 unspecified atom stereocenters. The summed E-state index contributed by atoms with van der Waals surface area (Å²) in [6.45, 7) is 3.17. The van der Waals surface area contributed by atoms with Crippen LogP contribution < -0.4 is 15.4 Å². The van der Waals surface area contributed by atoms with Gasteiger partial charge in [-0.15, -0.1) is 0 Å². The van der Waals surface area contributed by atoms with Crippen molar-refractivity contribution in [1.82, 2.24) is 15.4 Å². The lowest BCUT2D eigenvalue weighted by Crippen LogP contribution is -2.42. The summed E-state index contributed by atoms with van der Waals surface area (Å²) in [5, 5.41) is 17.0. The third-order valence-electron chi connectivity index (χ3n) is 4.22. The molecule has 0 aliphatic rings. The van der Waals surface area contributed by atoms with Gasteiger partial charge in [0.15, 0.2) is 5.96 Å². The first-order valence-electron chi connectivity index (χ1n) is 9.07. The number of rotatable bonds is 9. The zero-order chi connectivity index (χ0) is 21.3. The van der Waals surface area contributed by atoms with Crippen molar-refractivity contribution in [2.24, 2.45) is 4.99 Å². The third-order valence-corrected chi connectivity index (χ3v) is 5.67. The molecule has 3 N–H and O–H groups in total. The van der Waals surface area contributed by atoms with Crippen molar-refractivity contribution < 1.29 is 13.3 Å². The van der Waals surface area contributed by atoms with E-state index in [2.05, 4.69) is 39.4 Å². The number of non-ortho nitro benzene ring substituents is 1. The lowest BCUT2D eigenvalue weighted by Gasteiger charge is -2.16. The molecule has 156 valence electrons. The standard InChI is InChI=1S/C19H25N5O4S/c1-15(16-7-4-3-5-8-16)14-22-19(20-2)21-11-12-23-29(27,28)18-10-6-9-17(13-18)24(25)26/h3-10,13,15,23H,11-12,14H2,1-2H3,(H2,20,21,22). The molecule has 0 aliphatic heterocycles. The van der Waals surface area contributed by atoms with Crippen LogP contribution in [-0.2, 0) is 10.0 Å². The van der Waals surface area contributed by atoms with Gasteiger partial charge in [-0.1, -0.05) is 43.3 Å². The van der Waals surface area contributed by atoms with E-state index < -0.39 is 14.9 Å². The molecule has 0 saturated carbocycles. The Labute approximate surface area is 170 Å². The second-order valence-electron chi connectivity index (χ2n) is 6.34. The summed E-state index contributed by atoms with van der Waals surface area (Å²) in [6.07, 6.45) is 0. The molecule has 0 aromatic heterocycles. The van der Waals surface area contributed by atoms with Crippen molar-refractivity contribution in [3.05, 3.63) is 70.3 Å². The molecule has 0 radical (unpaired) electrons. The van der Waals surface area contributed by atoms with Crippen LogP contribution in [0.4, 0.5) is 5.69 Å². The molecule has 1 atom stereocenters. The summed E-state index contributed by atoms with van der Waals surface area (Å²) in [5.41, 5.74) is 0.934. The molecule has 29 heavy (non-hydrogen) atoms. The van der Waals surface area contributed by atoms with Crippen molar-refractivity contribution >= 4 is 21.7 Å². The van der Waals surface area contributed by atoms with Crippen LogP contribution in [0.15, 0.2) is 64.5 Å². The molecule has 0 fully saturated rings. The Hall–Kier alpha value is -2.98. The van der Waals surface area contributed by atoms with Gasteiger partial charge in [-0.3, -0.25) is 15.1 Å². The molecule has 9 nitrogen and oxygen atoms in total. The molecular formula is C19H25N5O4S. The number of hydrogen-bond donors (Lipinski definition) is 3. The monoisotopic (exact) mass is 419 g/mol. The summed E-state index contributed by atoms with van der Waals surface area (Å²) in [7, 11) is -2.20. The summed E-state index contributed by atoms with van der Waals surface area (Å²) < 4.78 is 27.0. The van der Waals surface area contributed by atoms with Gasteiger partial charge in [-0.25, -0.2) is 13.1 Å². The first kappa shape index (κ1) is 22.3. The number of aliphatic imine (C=N–C) groups is 1. The number of nitrogens with zero attached hydrogens (tertiary/aromatic N) is 2. The minimum atomic E-state index is -3.84. The molecule has 0 bridgehead atoms. The average Bonchev–Trinajstić information content (AvgIpc) is 2.73. The van der Waals surface area contributed by atoms with E-state index in [0.717, 1.165) is 6.07 Å². The SMILES string of the molecule is CN=C(NCCNS(=O)(=O)c1cccc([N+](=O)[O-])c1)NCC(C)c1ccccc1. The number of nitro groups is 1. The predicted octanol–water partition coefficient (Wildman–Crippen LogP) is 1.84. The van der Waals surface area contributed by atoms with Crippen LogP contribution in [0.3, 0.4) is 0 Å². The highest BCUT2D eigenvalue weighted by Crippen LogP contribution is 2.17. The van der Waals surface area contributed by atoms with E-state index in [9.17, 15) is 18.5 Å². The van der Waals surface area contributed by atoms with Crippen molar-refractivity contribution in [1.29, 1.82) is 0 Å². The van der Waals surface area contributed by atoms with Crippen LogP contribution in [0.1, 0.15) is 18.4 Å². The molecule has 0 spiro atoms. The van der Waals surface area contributed by atoms with Gasteiger partial charge in [0.1, 0.15) is 0 Å². The fourth-order valence-electron chi connectivity index (χ4n) is 2.58. The van der Waals surface area contributed by atoms with Gasteiger partial charge in [-0.05, 0) is 17.5 Å². The smallest absolute Gasteiger partial charge is 0.270 e. The third kappa shape index (κ3) is 6.84. The quantitative estimate of drug-likeness (QED) is 0.187. The number of guanidine groups is 1. The van der Waals surface area contributed by atoms with E-state index in [4.69, 9.17) is 0 Å². The molecule has 0 saturated heterocycles. The molecule has 0 heterocycles. The summed E-state index contributed by atoms with van der Waals surface area (Å²) in [6, 6.07) is 15.0. The Balaban J connectivity index is 1.80. The zero-order valence-corrected chi connectivity index (χ0v) is 17.1. The van der Waals surface area contributed by atoms with E-state index in [0.29, 0.717) is 19.0 Å². The van der Waals surface area contributed by atoms with Crippen LogP contribution in [-0.4, -0.2) is 46.0 Å². The average molecular weight is 420 g/mol. The Morgan fingerprint density at radius 2 is 1.83 bits per heavy atom. The van der Waals surface area contributed by atoms with Gasteiger partial charge in [0, 0.05) is 38.8 Å². The number of benzene rings is 2. The number of nitro benzene ring substituents is 1. The Kier molecular flexibility index (Phi) is 8.10. The molecule has 2 aromatic carbocycles. The van der Waals surface area contributed by atoms with E-state index in [1.807, 2.05) is 18.2 Å². The highest BCUT2D eigenvalue weighted by Gasteiger charge is 2.17. The lowest BCUT2D eigenvalue weighted by atomic mass is 10.0. The number of hydrogen-bond acceptors (Lipinski definition) is 5. The first-order chi connectivity index (χ1) is 13.8. The van der Waals surface area contributed by atoms with Crippen LogP contribution in [0, 0.1) is 10.1 Å². The summed E-state index contributed by atoms with van der Waals surface area (Å²) in [5.74, 6) is 0.837. The number of sulfonamides is 1. The highest BCUT2D eigenvalue weighted by molar-refractivity contribution is 7.89. The normalized spacial score (nSPS) is 13.0. The maximum absolute atomic E-state index is 12.3. The van der Waals surface area contributed by atoms with Crippen LogP contribution in [0.25, 0.3) is 0 Å². The van der Waals surface area contributed by atoms with Gasteiger partial charge >= 0.3 is 0 Å². The minimum absolute atomic E-state index is 0.0972. The zero-order valence-electron chi connectivity index (χ0n) is 16.3. The van der Waals surface area contributed by atoms with E-state index in [-0.39, 0.29) is 23.0 Å². The van der Waals surface area contributed by atoms with Crippen LogP contribution in [0.5, 0.6) is 0 Å². The fraction of sp³-hybridized carbons (Fsp3) is 0.316. The van der Waals surface area contributed by atoms with Gasteiger partial charge in [0.25, 0.3) is 5.69 Å². The Morgan fingerprint density at radius 1 is 1.10 bits per heavy atom. The van der Waals surface area contributed by atoms with Gasteiger partial charge < -0.3 is 10.6 Å². The first-order valence-corrected chi connectivity index (χ1v) is 10.6. The van der Waals surface area contributed by atoms with E-state index in [1.165, 1.54) is 23.8 Å². The van der Waals surface area contributed by atoms with Gasteiger partial charge in [0.05, 0.1) is 9.82 Å². The summed E-state index contributed by atoms with van der Waals surface area (Å²) >= 11 is 0. The van der Waals surface area contributed by atoms with E-state index in [1.54, 1.807) is 7.05 Å². The van der Waals surface area contributed by atoms with Crippen molar-refractivity contribution in [3.63, 3.8) is 0 Å². The molecule has 0 amide bonds. The van der Waals surface area contributed by atoms with Crippen molar-refractivity contribution in [2.75, 3.05) is 26.7 Å². The molecule has 10 heteroatoms. The lowest BCUT2D eigenvalue weighted by molar-refractivity contribution is -0.385. The molecular weight excluding hydrogens is 394 g/mol. The molecule has 2 aromatic rings. The maximum atomic E-state index is 12.3. The molecule has 0 aliphatic carbocycles. The Bertz CT molecular complexity index is 948. The van der Waals surface area contributed by atoms with E-state index >= 15 is 0 Å². The molecule has 2 rings (SSSR count). The van der Waals surface area contributed by atoms with Crippen LogP contribution in [0.2, 0.25) is 0 Å². The topological polar surface area (TPSA) is 126 Å². The van der Waals surface area contributed by atoms with Gasteiger partial charge in [0.2, 0.25) is 10.0 Å². The van der Waals surface area contributed by atoms with Crippen molar-refractivity contribution in [3.8, 4) is 0 Å². The second kappa shape index (κ2) is 10.5. The second-order valence-corrected chi connectivity index (χ2v) is 8.11. The van der Waals surface area contributed by atoms with Crippen molar-refractivity contribution in [2.45, 2.75) is 17.7 Å². The largest absolute Gasteiger partial charge is 0.356 e. The number of nitrogens with one attached hydrogen (secondary N) is 3. The summed E-state index contributed by atoms with van der Waals surface area (Å²) in [4.78, 5) is 14.1. The predicted molar refractivity (Wildman–Crippen MR) is 113 cm³/mol. The highest BCUT2D eigenvalue weighted by atomic mass is 32.2. The van der Waals surface area contributed by atoms with Gasteiger partial charge in [-0.2, -0.15) is 0 Å². The maximum Gasteiger partial charge on any atom is 0.270 e. The minimum Gasteiger partial charge on any atom is -0.356 e. The van der Waals surface area contributed by atoms with Crippen LogP contribution >= 0.6 is 0 Å². The fourth-order valence-corrected chi connectivity index (χ4v) is 3.65.